The monoisotopic (exact) mass is 277 g/mol. The van der Waals surface area contributed by atoms with Crippen LogP contribution in [0, 0.1) is 5.82 Å². The zero-order valence-corrected chi connectivity index (χ0v) is 11.1. The number of nitrogens with zero attached hydrogens (tertiary/aromatic N) is 1. The molecule has 0 radical (unpaired) electrons. The van der Waals surface area contributed by atoms with Gasteiger partial charge in [-0.3, -0.25) is 0 Å². The van der Waals surface area contributed by atoms with Gasteiger partial charge in [0.1, 0.15) is 5.75 Å². The van der Waals surface area contributed by atoms with Crippen LogP contribution in [0.4, 0.5) is 4.39 Å². The number of benzene rings is 1. The Morgan fingerprint density at radius 2 is 2.05 bits per heavy atom. The summed E-state index contributed by atoms with van der Waals surface area (Å²) >= 11 is 5.66. The fourth-order valence-corrected chi connectivity index (χ4v) is 2.57. The molecule has 0 bridgehead atoms. The van der Waals surface area contributed by atoms with Crippen LogP contribution in [0.2, 0.25) is 0 Å². The molecule has 4 heteroatoms. The number of fused-ring (bicyclic) bond motifs is 1. The number of alkyl halides is 1. The van der Waals surface area contributed by atoms with Gasteiger partial charge in [-0.1, -0.05) is 6.07 Å². The average molecular weight is 278 g/mol. The Labute approximate surface area is 116 Å². The molecule has 0 amide bonds. The van der Waals surface area contributed by atoms with Crippen LogP contribution in [0.1, 0.15) is 23.1 Å². The molecule has 1 aliphatic carbocycles. The largest absolute Gasteiger partial charge is 0.436 e. The lowest BCUT2D eigenvalue weighted by atomic mass is 10.1. The Kier molecular flexibility index (Phi) is 3.38. The maximum atomic E-state index is 14.0. The molecule has 19 heavy (non-hydrogen) atoms. The summed E-state index contributed by atoms with van der Waals surface area (Å²) in [5.41, 5.74) is 3.04. The lowest BCUT2D eigenvalue weighted by Gasteiger charge is -2.09. The first-order valence-corrected chi connectivity index (χ1v) is 6.80. The van der Waals surface area contributed by atoms with Crippen molar-refractivity contribution in [2.75, 3.05) is 0 Å². The SMILES string of the molecule is Fc1c(CCl)ccnc1Oc1ccc2c(c1)CCC2. The molecule has 1 heterocycles. The second-order valence-corrected chi connectivity index (χ2v) is 4.88. The normalized spacial score (nSPS) is 13.4. The molecule has 0 saturated carbocycles. The van der Waals surface area contributed by atoms with E-state index >= 15 is 0 Å². The summed E-state index contributed by atoms with van der Waals surface area (Å²) in [7, 11) is 0. The smallest absolute Gasteiger partial charge is 0.256 e. The van der Waals surface area contributed by atoms with Gasteiger partial charge >= 0.3 is 0 Å². The maximum Gasteiger partial charge on any atom is 0.256 e. The topological polar surface area (TPSA) is 22.1 Å². The predicted octanol–water partition coefficient (Wildman–Crippen LogP) is 4.24. The van der Waals surface area contributed by atoms with Crippen LogP contribution < -0.4 is 4.74 Å². The molecule has 0 atom stereocenters. The molecular weight excluding hydrogens is 265 g/mol. The van der Waals surface area contributed by atoms with Crippen molar-refractivity contribution in [2.24, 2.45) is 0 Å². The number of pyridine rings is 1. The number of rotatable bonds is 3. The third-order valence-electron chi connectivity index (χ3n) is 3.37. The minimum Gasteiger partial charge on any atom is -0.436 e. The molecule has 0 unspecified atom stereocenters. The average Bonchev–Trinajstić information content (AvgIpc) is 2.88. The molecule has 3 rings (SSSR count). The van der Waals surface area contributed by atoms with Crippen molar-refractivity contribution in [3.05, 3.63) is 53.0 Å². The van der Waals surface area contributed by atoms with Crippen molar-refractivity contribution in [1.82, 2.24) is 4.98 Å². The summed E-state index contributed by atoms with van der Waals surface area (Å²) < 4.78 is 19.5. The van der Waals surface area contributed by atoms with Crippen LogP contribution in [-0.4, -0.2) is 4.98 Å². The Morgan fingerprint density at radius 1 is 1.21 bits per heavy atom. The minimum absolute atomic E-state index is 0.0175. The van der Waals surface area contributed by atoms with Crippen molar-refractivity contribution in [1.29, 1.82) is 0 Å². The first-order chi connectivity index (χ1) is 9.28. The molecule has 2 nitrogen and oxygen atoms in total. The van der Waals surface area contributed by atoms with Gasteiger partial charge in [-0.25, -0.2) is 9.37 Å². The number of hydrogen-bond donors (Lipinski definition) is 0. The van der Waals surface area contributed by atoms with Crippen molar-refractivity contribution in [3.8, 4) is 11.6 Å². The number of ether oxygens (including phenoxy) is 1. The molecule has 1 aromatic carbocycles. The van der Waals surface area contributed by atoms with Gasteiger partial charge in [0.05, 0.1) is 5.88 Å². The zero-order chi connectivity index (χ0) is 13.2. The molecule has 0 fully saturated rings. The molecule has 98 valence electrons. The van der Waals surface area contributed by atoms with E-state index in [0.29, 0.717) is 11.3 Å². The van der Waals surface area contributed by atoms with Crippen LogP contribution >= 0.6 is 11.6 Å². The van der Waals surface area contributed by atoms with Gasteiger partial charge in [0.25, 0.3) is 5.88 Å². The van der Waals surface area contributed by atoms with Crippen LogP contribution in [0.5, 0.6) is 11.6 Å². The Hall–Kier alpha value is -1.61. The molecule has 0 saturated heterocycles. The molecule has 0 aliphatic heterocycles. The predicted molar refractivity (Wildman–Crippen MR) is 72.3 cm³/mol. The van der Waals surface area contributed by atoms with Gasteiger partial charge in [-0.2, -0.15) is 0 Å². The Morgan fingerprint density at radius 3 is 2.89 bits per heavy atom. The van der Waals surface area contributed by atoms with Crippen LogP contribution in [0.3, 0.4) is 0 Å². The summed E-state index contributed by atoms with van der Waals surface area (Å²) in [6, 6.07) is 7.42. The summed E-state index contributed by atoms with van der Waals surface area (Å²) in [6.45, 7) is 0. The lowest BCUT2D eigenvalue weighted by Crippen LogP contribution is -1.96. The van der Waals surface area contributed by atoms with Gasteiger partial charge in [0.15, 0.2) is 5.82 Å². The fraction of sp³-hybridized carbons (Fsp3) is 0.267. The van der Waals surface area contributed by atoms with E-state index in [1.807, 2.05) is 18.2 Å². The zero-order valence-electron chi connectivity index (χ0n) is 10.3. The van der Waals surface area contributed by atoms with E-state index in [2.05, 4.69) is 4.98 Å². The van der Waals surface area contributed by atoms with Crippen molar-refractivity contribution < 1.29 is 9.13 Å². The lowest BCUT2D eigenvalue weighted by molar-refractivity contribution is 0.420. The van der Waals surface area contributed by atoms with Crippen LogP contribution in [0.15, 0.2) is 30.5 Å². The number of halogens is 2. The van der Waals surface area contributed by atoms with Gasteiger partial charge in [-0.15, -0.1) is 11.6 Å². The van der Waals surface area contributed by atoms with Crippen LogP contribution in [0.25, 0.3) is 0 Å². The number of hydrogen-bond acceptors (Lipinski definition) is 2. The van der Waals surface area contributed by atoms with Gasteiger partial charge in [-0.05, 0) is 48.6 Å². The number of aromatic nitrogens is 1. The minimum atomic E-state index is -0.488. The summed E-state index contributed by atoms with van der Waals surface area (Å²) in [4.78, 5) is 3.92. The second kappa shape index (κ2) is 5.17. The molecular formula is C15H13ClFNO. The highest BCUT2D eigenvalue weighted by Gasteiger charge is 2.14. The van der Waals surface area contributed by atoms with E-state index < -0.39 is 5.82 Å². The molecule has 1 aliphatic rings. The second-order valence-electron chi connectivity index (χ2n) is 4.61. The first kappa shape index (κ1) is 12.4. The van der Waals surface area contributed by atoms with E-state index in [-0.39, 0.29) is 11.8 Å². The number of aryl methyl sites for hydroxylation is 2. The maximum absolute atomic E-state index is 14.0. The summed E-state index contributed by atoms with van der Waals surface area (Å²) in [6.07, 6.45) is 4.85. The highest BCUT2D eigenvalue weighted by atomic mass is 35.5. The Bertz CT molecular complexity index is 615. The molecule has 2 aromatic rings. The van der Waals surface area contributed by atoms with Crippen molar-refractivity contribution >= 4 is 11.6 Å². The van der Waals surface area contributed by atoms with E-state index in [9.17, 15) is 4.39 Å². The standard InChI is InChI=1S/C15H13ClFNO/c16-9-12-6-7-18-15(14(12)17)19-13-5-4-10-2-1-3-11(10)8-13/h4-8H,1-3,9H2. The molecule has 0 N–H and O–H groups in total. The van der Waals surface area contributed by atoms with E-state index in [4.69, 9.17) is 16.3 Å². The third-order valence-corrected chi connectivity index (χ3v) is 3.65. The summed E-state index contributed by atoms with van der Waals surface area (Å²) in [5, 5.41) is 0. The first-order valence-electron chi connectivity index (χ1n) is 6.27. The van der Waals surface area contributed by atoms with Crippen molar-refractivity contribution in [2.45, 2.75) is 25.1 Å². The van der Waals surface area contributed by atoms with E-state index in [1.165, 1.54) is 23.7 Å². The fourth-order valence-electron chi connectivity index (χ4n) is 2.36. The van der Waals surface area contributed by atoms with E-state index in [0.717, 1.165) is 12.8 Å². The van der Waals surface area contributed by atoms with Gasteiger partial charge < -0.3 is 4.74 Å². The quantitative estimate of drug-likeness (QED) is 0.783. The van der Waals surface area contributed by atoms with Crippen LogP contribution in [-0.2, 0) is 18.7 Å². The van der Waals surface area contributed by atoms with Gasteiger partial charge in [0.2, 0.25) is 0 Å². The third kappa shape index (κ3) is 2.43. The highest BCUT2D eigenvalue weighted by molar-refractivity contribution is 6.17. The molecule has 1 aromatic heterocycles. The Balaban J connectivity index is 1.89. The van der Waals surface area contributed by atoms with Gasteiger partial charge in [0, 0.05) is 11.8 Å². The summed E-state index contributed by atoms with van der Waals surface area (Å²) in [5.74, 6) is 0.224. The van der Waals surface area contributed by atoms with E-state index in [1.54, 1.807) is 6.07 Å². The molecule has 0 spiro atoms. The highest BCUT2D eigenvalue weighted by Crippen LogP contribution is 2.29. The van der Waals surface area contributed by atoms with Crippen molar-refractivity contribution in [3.63, 3.8) is 0 Å².